The van der Waals surface area contributed by atoms with Crippen LogP contribution in [0.2, 0.25) is 0 Å². The van der Waals surface area contributed by atoms with Gasteiger partial charge >= 0.3 is 5.97 Å². The van der Waals surface area contributed by atoms with Gasteiger partial charge in [-0.05, 0) is 18.2 Å². The number of nitrogens with zero attached hydrogens (tertiary/aromatic N) is 2. The van der Waals surface area contributed by atoms with Crippen molar-refractivity contribution in [1.29, 1.82) is 0 Å². The van der Waals surface area contributed by atoms with Crippen LogP contribution in [0.3, 0.4) is 0 Å². The second kappa shape index (κ2) is 7.61. The molecular weight excluding hydrogens is 355 g/mol. The van der Waals surface area contributed by atoms with Crippen molar-refractivity contribution in [3.8, 4) is 0 Å². The molecule has 0 unspecified atom stereocenters. The number of rotatable bonds is 4. The lowest BCUT2D eigenvalue weighted by molar-refractivity contribution is 0.0517. The zero-order chi connectivity index (χ0) is 19.6. The number of furan rings is 1. The molecule has 7 nitrogen and oxygen atoms in total. The molecule has 2 aromatic rings. The number of halogens is 1. The van der Waals surface area contributed by atoms with Crippen LogP contribution in [0.4, 0.5) is 4.39 Å². The van der Waals surface area contributed by atoms with E-state index in [-0.39, 0.29) is 41.6 Å². The third kappa shape index (κ3) is 3.84. The normalized spacial score (nSPS) is 14.3. The monoisotopic (exact) mass is 374 g/mol. The number of carbonyl (C=O) groups excluding carboxylic acids is 2. The number of hydrogen-bond acceptors (Lipinski definition) is 4. The number of aryl methyl sites for hydroxylation is 1. The fraction of sp³-hybridized carbons (Fsp3) is 0.316. The van der Waals surface area contributed by atoms with Gasteiger partial charge in [-0.2, -0.15) is 0 Å². The molecule has 0 radical (unpaired) electrons. The molecule has 2 heterocycles. The molecule has 1 saturated heterocycles. The summed E-state index contributed by atoms with van der Waals surface area (Å²) in [5.41, 5.74) is 0.250. The minimum atomic E-state index is -1.14. The van der Waals surface area contributed by atoms with E-state index >= 15 is 0 Å². The zero-order valence-electron chi connectivity index (χ0n) is 14.8. The lowest BCUT2D eigenvalue weighted by Gasteiger charge is -2.34. The van der Waals surface area contributed by atoms with E-state index in [0.717, 1.165) is 0 Å². The van der Waals surface area contributed by atoms with Gasteiger partial charge in [-0.15, -0.1) is 0 Å². The summed E-state index contributed by atoms with van der Waals surface area (Å²) < 4.78 is 18.7. The van der Waals surface area contributed by atoms with Gasteiger partial charge in [0, 0.05) is 44.2 Å². The number of hydrogen-bond donors (Lipinski definition) is 1. The highest BCUT2D eigenvalue weighted by Gasteiger charge is 2.28. The average Bonchev–Trinajstić information content (AvgIpc) is 3.12. The quantitative estimate of drug-likeness (QED) is 0.887. The van der Waals surface area contributed by atoms with Gasteiger partial charge in [0.2, 0.25) is 0 Å². The molecule has 142 valence electrons. The minimum absolute atomic E-state index is 0.0132. The Morgan fingerprint density at radius 1 is 1.07 bits per heavy atom. The van der Waals surface area contributed by atoms with E-state index in [2.05, 4.69) is 0 Å². The number of carbonyl (C=O) groups is 3. The van der Waals surface area contributed by atoms with E-state index in [9.17, 15) is 23.9 Å². The van der Waals surface area contributed by atoms with Gasteiger partial charge in [0.15, 0.2) is 5.76 Å². The summed E-state index contributed by atoms with van der Waals surface area (Å²) in [7, 11) is 0. The van der Waals surface area contributed by atoms with Crippen molar-refractivity contribution in [1.82, 2.24) is 9.80 Å². The molecule has 0 atom stereocenters. The van der Waals surface area contributed by atoms with E-state index in [0.29, 0.717) is 19.5 Å². The van der Waals surface area contributed by atoms with Crippen molar-refractivity contribution in [2.75, 3.05) is 26.2 Å². The third-order valence-corrected chi connectivity index (χ3v) is 4.50. The Balaban J connectivity index is 1.66. The molecule has 0 spiro atoms. The molecule has 0 saturated carbocycles. The van der Waals surface area contributed by atoms with Gasteiger partial charge in [-0.3, -0.25) is 9.59 Å². The van der Waals surface area contributed by atoms with Crippen LogP contribution in [0, 0.1) is 5.82 Å². The lowest BCUT2D eigenvalue weighted by Crippen LogP contribution is -2.50. The van der Waals surface area contributed by atoms with Crippen LogP contribution in [0.15, 0.2) is 34.7 Å². The van der Waals surface area contributed by atoms with E-state index in [1.165, 1.54) is 29.2 Å². The van der Waals surface area contributed by atoms with Crippen LogP contribution in [-0.2, 0) is 6.42 Å². The summed E-state index contributed by atoms with van der Waals surface area (Å²) in [6.07, 6.45) is 0.366. The summed E-state index contributed by atoms with van der Waals surface area (Å²) in [5, 5.41) is 9.17. The van der Waals surface area contributed by atoms with Crippen LogP contribution >= 0.6 is 0 Å². The molecule has 1 aliphatic rings. The maximum atomic E-state index is 13.3. The molecule has 8 heteroatoms. The smallest absolute Gasteiger partial charge is 0.339 e. The Labute approximate surface area is 155 Å². The second-order valence-corrected chi connectivity index (χ2v) is 6.20. The van der Waals surface area contributed by atoms with E-state index in [1.54, 1.807) is 17.9 Å². The molecule has 0 aliphatic carbocycles. The molecule has 1 N–H and O–H groups in total. The minimum Gasteiger partial charge on any atom is -0.478 e. The molecule has 1 aromatic carbocycles. The Morgan fingerprint density at radius 3 is 2.22 bits per heavy atom. The zero-order valence-corrected chi connectivity index (χ0v) is 14.8. The van der Waals surface area contributed by atoms with Crippen molar-refractivity contribution < 1.29 is 28.3 Å². The fourth-order valence-corrected chi connectivity index (χ4v) is 3.05. The highest BCUT2D eigenvalue weighted by Crippen LogP contribution is 2.19. The van der Waals surface area contributed by atoms with Crippen molar-refractivity contribution in [3.63, 3.8) is 0 Å². The topological polar surface area (TPSA) is 91.1 Å². The van der Waals surface area contributed by atoms with Gasteiger partial charge in [0.1, 0.15) is 17.1 Å². The molecule has 1 aliphatic heterocycles. The van der Waals surface area contributed by atoms with E-state index in [4.69, 9.17) is 4.42 Å². The third-order valence-electron chi connectivity index (χ3n) is 4.50. The van der Waals surface area contributed by atoms with Gasteiger partial charge in [0.25, 0.3) is 11.8 Å². The van der Waals surface area contributed by atoms with Gasteiger partial charge < -0.3 is 19.3 Å². The summed E-state index contributed by atoms with van der Waals surface area (Å²) in [6.45, 7) is 2.91. The highest BCUT2D eigenvalue weighted by molar-refractivity contribution is 5.97. The number of amides is 2. The molecule has 3 rings (SSSR count). The van der Waals surface area contributed by atoms with Crippen LogP contribution in [0.1, 0.15) is 44.0 Å². The van der Waals surface area contributed by atoms with Gasteiger partial charge in [0.05, 0.1) is 0 Å². The summed E-state index contributed by atoms with van der Waals surface area (Å²) in [4.78, 5) is 39.3. The molecule has 0 bridgehead atoms. The number of aromatic carboxylic acids is 1. The number of carboxylic acids is 1. The Morgan fingerprint density at radius 2 is 1.70 bits per heavy atom. The van der Waals surface area contributed by atoms with Crippen molar-refractivity contribution in [2.24, 2.45) is 0 Å². The first kappa shape index (κ1) is 18.6. The maximum Gasteiger partial charge on any atom is 0.339 e. The first-order valence-corrected chi connectivity index (χ1v) is 8.60. The molecule has 2 amide bonds. The van der Waals surface area contributed by atoms with E-state index in [1.807, 2.05) is 0 Å². The second-order valence-electron chi connectivity index (χ2n) is 6.20. The molecular formula is C19H19FN2O5. The predicted octanol–water partition coefficient (Wildman–Crippen LogP) is 2.28. The van der Waals surface area contributed by atoms with Crippen molar-refractivity contribution >= 4 is 17.8 Å². The summed E-state index contributed by atoms with van der Waals surface area (Å²) >= 11 is 0. The van der Waals surface area contributed by atoms with Crippen LogP contribution in [0.5, 0.6) is 0 Å². The Kier molecular flexibility index (Phi) is 5.25. The van der Waals surface area contributed by atoms with E-state index < -0.39 is 17.7 Å². The highest BCUT2D eigenvalue weighted by atomic mass is 19.1. The Hall–Kier alpha value is -3.16. The molecule has 27 heavy (non-hydrogen) atoms. The SMILES string of the molecule is CCc1oc(C(=O)N2CCN(C(=O)c3cccc(F)c3)CC2)cc1C(=O)O. The summed E-state index contributed by atoms with van der Waals surface area (Å²) in [6, 6.07) is 6.72. The van der Waals surface area contributed by atoms with Crippen LogP contribution < -0.4 is 0 Å². The van der Waals surface area contributed by atoms with Crippen LogP contribution in [0.25, 0.3) is 0 Å². The number of benzene rings is 1. The standard InChI is InChI=1S/C19H19FN2O5/c1-2-15-14(19(25)26)11-16(27-15)18(24)22-8-6-21(7-9-22)17(23)12-4-3-5-13(20)10-12/h3-5,10-11H,2,6-9H2,1H3,(H,25,26). The number of carboxylic acid groups (broad SMARTS) is 1. The van der Waals surface area contributed by atoms with Crippen molar-refractivity contribution in [3.05, 3.63) is 58.8 Å². The van der Waals surface area contributed by atoms with Gasteiger partial charge in [-0.25, -0.2) is 9.18 Å². The van der Waals surface area contributed by atoms with Gasteiger partial charge in [-0.1, -0.05) is 13.0 Å². The predicted molar refractivity (Wildman–Crippen MR) is 93.3 cm³/mol. The first-order valence-electron chi connectivity index (χ1n) is 8.60. The van der Waals surface area contributed by atoms with Crippen LogP contribution in [-0.4, -0.2) is 58.9 Å². The maximum absolute atomic E-state index is 13.3. The molecule has 1 fully saturated rings. The lowest BCUT2D eigenvalue weighted by atomic mass is 10.1. The number of piperazine rings is 1. The Bertz CT molecular complexity index is 884. The first-order chi connectivity index (χ1) is 12.9. The molecule has 1 aromatic heterocycles. The largest absolute Gasteiger partial charge is 0.478 e. The fourth-order valence-electron chi connectivity index (χ4n) is 3.05. The average molecular weight is 374 g/mol. The van der Waals surface area contributed by atoms with Crippen molar-refractivity contribution in [2.45, 2.75) is 13.3 Å². The summed E-state index contributed by atoms with van der Waals surface area (Å²) in [5.74, 6) is -2.08.